The van der Waals surface area contributed by atoms with Gasteiger partial charge in [-0.1, -0.05) is 0 Å². The number of halogens is 1. The molecular weight excluding hydrogens is 503 g/mol. The molecule has 3 aliphatic rings. The number of thioether (sulfide) groups is 1. The summed E-state index contributed by atoms with van der Waals surface area (Å²) in [5, 5.41) is 3.46. The fraction of sp³-hybridized carbons (Fsp3) is 0.900. The lowest BCUT2D eigenvalue weighted by Gasteiger charge is -2.42. The van der Waals surface area contributed by atoms with Gasteiger partial charge in [0.15, 0.2) is 5.96 Å². The summed E-state index contributed by atoms with van der Waals surface area (Å²) in [5.74, 6) is 3.17. The van der Waals surface area contributed by atoms with Crippen LogP contribution in [0.25, 0.3) is 0 Å². The Morgan fingerprint density at radius 2 is 2.10 bits per heavy atom. The fourth-order valence-electron chi connectivity index (χ4n) is 4.38. The first-order valence-corrected chi connectivity index (χ1v) is 11.9. The summed E-state index contributed by atoms with van der Waals surface area (Å²) in [5.41, 5.74) is 0.144. The number of likely N-dealkylation sites (tertiary alicyclic amines) is 1. The van der Waals surface area contributed by atoms with Gasteiger partial charge in [-0.3, -0.25) is 14.7 Å². The topological polar surface area (TPSA) is 66.4 Å². The van der Waals surface area contributed by atoms with E-state index in [0.29, 0.717) is 13.2 Å². The number of esters is 1. The van der Waals surface area contributed by atoms with E-state index in [4.69, 9.17) is 14.5 Å². The van der Waals surface area contributed by atoms with E-state index in [1.807, 2.05) is 18.7 Å². The van der Waals surface area contributed by atoms with Crippen LogP contribution in [-0.4, -0.2) is 97.9 Å². The van der Waals surface area contributed by atoms with Crippen molar-refractivity contribution in [2.45, 2.75) is 38.6 Å². The number of nitrogens with zero attached hydrogens (tertiary/aromatic N) is 3. The van der Waals surface area contributed by atoms with E-state index in [1.54, 1.807) is 0 Å². The summed E-state index contributed by atoms with van der Waals surface area (Å²) in [6.07, 6.45) is 3.09. The summed E-state index contributed by atoms with van der Waals surface area (Å²) in [6.45, 7) is 11.4. The third kappa shape index (κ3) is 6.61. The van der Waals surface area contributed by atoms with Crippen molar-refractivity contribution in [1.82, 2.24) is 15.1 Å². The van der Waals surface area contributed by atoms with Crippen molar-refractivity contribution >= 4 is 47.7 Å². The molecule has 2 unspecified atom stereocenters. The maximum Gasteiger partial charge on any atom is 0.310 e. The molecule has 0 aliphatic carbocycles. The molecule has 9 heteroatoms. The Morgan fingerprint density at radius 3 is 2.76 bits per heavy atom. The highest BCUT2D eigenvalue weighted by molar-refractivity contribution is 14.0. The largest absolute Gasteiger partial charge is 0.466 e. The van der Waals surface area contributed by atoms with Gasteiger partial charge in [-0.2, -0.15) is 11.8 Å². The normalized spacial score (nSPS) is 28.7. The van der Waals surface area contributed by atoms with E-state index in [2.05, 4.69) is 22.0 Å². The predicted molar refractivity (Wildman–Crippen MR) is 129 cm³/mol. The van der Waals surface area contributed by atoms with E-state index < -0.39 is 0 Å². The average Bonchev–Trinajstić information content (AvgIpc) is 3.22. The van der Waals surface area contributed by atoms with Gasteiger partial charge in [0.05, 0.1) is 37.8 Å². The fourth-order valence-corrected chi connectivity index (χ4v) is 5.84. The number of ether oxygens (including phenoxy) is 2. The lowest BCUT2D eigenvalue weighted by atomic mass is 9.95. The Hall–Kier alpha value is -0.260. The minimum atomic E-state index is -0.0694. The molecule has 0 spiro atoms. The molecule has 0 saturated carbocycles. The minimum absolute atomic E-state index is 0. The highest BCUT2D eigenvalue weighted by Crippen LogP contribution is 2.34. The highest BCUT2D eigenvalue weighted by Gasteiger charge is 2.41. The summed E-state index contributed by atoms with van der Waals surface area (Å²) >= 11 is 2.04. The van der Waals surface area contributed by atoms with Crippen molar-refractivity contribution in [2.24, 2.45) is 10.9 Å². The first-order valence-electron chi connectivity index (χ1n) is 10.8. The molecule has 3 fully saturated rings. The number of morpholine rings is 1. The smallest absolute Gasteiger partial charge is 0.310 e. The second kappa shape index (κ2) is 12.6. The van der Waals surface area contributed by atoms with Gasteiger partial charge < -0.3 is 19.7 Å². The molecule has 1 N–H and O–H groups in total. The molecule has 2 atom stereocenters. The van der Waals surface area contributed by atoms with Gasteiger partial charge in [0, 0.05) is 38.5 Å². The van der Waals surface area contributed by atoms with Crippen LogP contribution in [0.2, 0.25) is 0 Å². The molecule has 0 amide bonds. The van der Waals surface area contributed by atoms with Crippen LogP contribution in [0.15, 0.2) is 4.99 Å². The van der Waals surface area contributed by atoms with Crippen LogP contribution >= 0.6 is 35.7 Å². The van der Waals surface area contributed by atoms with Crippen LogP contribution in [0.1, 0.15) is 33.1 Å². The van der Waals surface area contributed by atoms with Crippen LogP contribution in [0.4, 0.5) is 0 Å². The Bertz CT molecular complexity index is 540. The quantitative estimate of drug-likeness (QED) is 0.240. The van der Waals surface area contributed by atoms with Gasteiger partial charge in [0.1, 0.15) is 0 Å². The van der Waals surface area contributed by atoms with E-state index >= 15 is 0 Å². The summed E-state index contributed by atoms with van der Waals surface area (Å²) < 4.78 is 10.8. The van der Waals surface area contributed by atoms with Crippen molar-refractivity contribution in [2.75, 3.05) is 70.6 Å². The van der Waals surface area contributed by atoms with Crippen LogP contribution in [-0.2, 0) is 14.3 Å². The van der Waals surface area contributed by atoms with Crippen LogP contribution in [0, 0.1) is 5.92 Å². The molecule has 0 bridgehead atoms. The zero-order valence-electron chi connectivity index (χ0n) is 17.9. The second-order valence-corrected chi connectivity index (χ2v) is 8.94. The molecule has 3 saturated heterocycles. The standard InChI is InChI=1S/C20H36N4O3S.HI/c1-3-21-19(23-8-5-6-17(14-23)18(25)27-4-2)22-15-20(7-13-28-16-20)24-9-11-26-12-10-24;/h17H,3-16H2,1-2H3,(H,21,22);1H. The van der Waals surface area contributed by atoms with Gasteiger partial charge in [0.25, 0.3) is 0 Å². The Morgan fingerprint density at radius 1 is 1.31 bits per heavy atom. The number of guanidine groups is 1. The van der Waals surface area contributed by atoms with Gasteiger partial charge >= 0.3 is 5.97 Å². The molecule has 0 radical (unpaired) electrons. The molecule has 3 aliphatic heterocycles. The lowest BCUT2D eigenvalue weighted by Crippen LogP contribution is -2.56. The van der Waals surface area contributed by atoms with E-state index in [-0.39, 0.29) is 41.4 Å². The average molecular weight is 541 g/mol. The van der Waals surface area contributed by atoms with E-state index in [0.717, 1.165) is 70.5 Å². The second-order valence-electron chi connectivity index (χ2n) is 7.83. The first kappa shape index (κ1) is 25.0. The summed E-state index contributed by atoms with van der Waals surface area (Å²) in [7, 11) is 0. The maximum atomic E-state index is 12.2. The number of aliphatic imine (C=N–C) groups is 1. The Kier molecular flexibility index (Phi) is 10.8. The third-order valence-electron chi connectivity index (χ3n) is 5.96. The summed E-state index contributed by atoms with van der Waals surface area (Å²) in [6, 6.07) is 0. The number of nitrogens with one attached hydrogen (secondary N) is 1. The van der Waals surface area contributed by atoms with Gasteiger partial charge in [0.2, 0.25) is 0 Å². The molecule has 0 aromatic rings. The highest BCUT2D eigenvalue weighted by atomic mass is 127. The first-order chi connectivity index (χ1) is 13.7. The minimum Gasteiger partial charge on any atom is -0.466 e. The Balaban J connectivity index is 0.00000300. The molecule has 7 nitrogen and oxygen atoms in total. The lowest BCUT2D eigenvalue weighted by molar-refractivity contribution is -0.149. The number of carbonyl (C=O) groups excluding carboxylic acids is 1. The zero-order chi connectivity index (χ0) is 19.8. The maximum absolute atomic E-state index is 12.2. The summed E-state index contributed by atoms with van der Waals surface area (Å²) in [4.78, 5) is 22.2. The van der Waals surface area contributed by atoms with Crippen LogP contribution in [0.3, 0.4) is 0 Å². The predicted octanol–water partition coefficient (Wildman–Crippen LogP) is 2.05. The van der Waals surface area contributed by atoms with Crippen LogP contribution in [0.5, 0.6) is 0 Å². The molecule has 0 aromatic carbocycles. The van der Waals surface area contributed by atoms with Crippen molar-refractivity contribution in [3.05, 3.63) is 0 Å². The van der Waals surface area contributed by atoms with Crippen molar-refractivity contribution < 1.29 is 14.3 Å². The van der Waals surface area contributed by atoms with Crippen LogP contribution < -0.4 is 5.32 Å². The monoisotopic (exact) mass is 540 g/mol. The van der Waals surface area contributed by atoms with Crippen molar-refractivity contribution in [1.29, 1.82) is 0 Å². The Labute approximate surface area is 196 Å². The SMILES string of the molecule is CCNC(=NCC1(N2CCOCC2)CCSC1)N1CCCC(C(=O)OCC)C1.I. The van der Waals surface area contributed by atoms with E-state index in [9.17, 15) is 4.79 Å². The molecule has 29 heavy (non-hydrogen) atoms. The molecular formula is C20H37IN4O3S. The van der Waals surface area contributed by atoms with Gasteiger partial charge in [-0.05, 0) is 38.9 Å². The van der Waals surface area contributed by atoms with Gasteiger partial charge in [-0.15, -0.1) is 24.0 Å². The number of rotatable bonds is 6. The number of carbonyl (C=O) groups is 1. The van der Waals surface area contributed by atoms with Crippen molar-refractivity contribution in [3.63, 3.8) is 0 Å². The number of hydrogen-bond acceptors (Lipinski definition) is 6. The molecule has 3 rings (SSSR count). The third-order valence-corrected chi connectivity index (χ3v) is 7.20. The molecule has 0 aromatic heterocycles. The number of hydrogen-bond donors (Lipinski definition) is 1. The van der Waals surface area contributed by atoms with E-state index in [1.165, 1.54) is 12.2 Å². The zero-order valence-corrected chi connectivity index (χ0v) is 21.0. The van der Waals surface area contributed by atoms with Gasteiger partial charge in [-0.25, -0.2) is 0 Å². The molecule has 3 heterocycles. The number of piperidine rings is 1. The van der Waals surface area contributed by atoms with Crippen molar-refractivity contribution in [3.8, 4) is 0 Å². The molecule has 168 valence electrons.